The summed E-state index contributed by atoms with van der Waals surface area (Å²) in [4.78, 5) is 26.0. The van der Waals surface area contributed by atoms with Gasteiger partial charge in [-0.3, -0.25) is 9.59 Å². The van der Waals surface area contributed by atoms with Crippen LogP contribution in [0.3, 0.4) is 0 Å². The lowest BCUT2D eigenvalue weighted by Gasteiger charge is -2.19. The number of benzene rings is 1. The van der Waals surface area contributed by atoms with Crippen molar-refractivity contribution in [3.05, 3.63) is 45.9 Å². The largest absolute Gasteiger partial charge is 0.457 e. The number of rotatable bonds is 6. The zero-order chi connectivity index (χ0) is 23.8. The number of hydrogen-bond donors (Lipinski definition) is 3. The molecule has 0 aliphatic carbocycles. The topological polar surface area (TPSA) is 121 Å². The summed E-state index contributed by atoms with van der Waals surface area (Å²) < 4.78 is 23.6. The van der Waals surface area contributed by atoms with Crippen LogP contribution in [0.5, 0.6) is 0 Å². The number of halogens is 3. The van der Waals surface area contributed by atoms with Gasteiger partial charge in [0.05, 0.1) is 37.0 Å². The van der Waals surface area contributed by atoms with Crippen molar-refractivity contribution >= 4 is 85.3 Å². The standard InChI is InChI=1S/C20H22I3N3O6/c1-19(2)29-7-9(31-19)5-25-17(27)11-13(21)12(15(23)16(24)14(11)22)18(28)26-6-10-8-30-20(3,4)32-10/h7-8H,5-6,24H2,1-4H3,(H,25,27)(H,26,28). The lowest BCUT2D eigenvalue weighted by atomic mass is 10.1. The van der Waals surface area contributed by atoms with Crippen molar-refractivity contribution < 1.29 is 28.5 Å². The molecule has 1 aromatic carbocycles. The third kappa shape index (κ3) is 5.66. The zero-order valence-corrected chi connectivity index (χ0v) is 24.2. The van der Waals surface area contributed by atoms with Gasteiger partial charge in [-0.15, -0.1) is 0 Å². The Morgan fingerprint density at radius 2 is 1.19 bits per heavy atom. The highest BCUT2D eigenvalue weighted by Gasteiger charge is 2.31. The minimum atomic E-state index is -0.764. The Bertz CT molecular complexity index is 959. The minimum absolute atomic E-state index is 0.142. The van der Waals surface area contributed by atoms with Crippen LogP contribution in [0.15, 0.2) is 24.0 Å². The molecule has 3 rings (SSSR count). The first-order chi connectivity index (χ1) is 14.8. The number of anilines is 1. The van der Waals surface area contributed by atoms with E-state index in [1.54, 1.807) is 27.7 Å². The summed E-state index contributed by atoms with van der Waals surface area (Å²) in [6, 6.07) is 0. The average molecular weight is 781 g/mol. The van der Waals surface area contributed by atoms with Crippen LogP contribution in [-0.2, 0) is 18.9 Å². The molecule has 2 aliphatic rings. The lowest BCUT2D eigenvalue weighted by molar-refractivity contribution is -0.117. The molecule has 0 spiro atoms. The van der Waals surface area contributed by atoms with Gasteiger partial charge >= 0.3 is 0 Å². The second kappa shape index (κ2) is 9.60. The van der Waals surface area contributed by atoms with Crippen LogP contribution in [0, 0.1) is 10.7 Å². The Kier molecular flexibility index (Phi) is 7.63. The maximum absolute atomic E-state index is 13.0. The van der Waals surface area contributed by atoms with E-state index in [9.17, 15) is 9.59 Å². The van der Waals surface area contributed by atoms with E-state index in [2.05, 4.69) is 10.6 Å². The van der Waals surface area contributed by atoms with Crippen LogP contribution < -0.4 is 16.4 Å². The molecule has 2 heterocycles. The van der Waals surface area contributed by atoms with Gasteiger partial charge in [-0.25, -0.2) is 0 Å². The molecular formula is C20H22I3N3O6. The van der Waals surface area contributed by atoms with E-state index in [0.29, 0.717) is 39.0 Å². The first-order valence-electron chi connectivity index (χ1n) is 9.45. The molecule has 1 aromatic rings. The summed E-state index contributed by atoms with van der Waals surface area (Å²) in [7, 11) is 0. The van der Waals surface area contributed by atoms with Crippen LogP contribution in [-0.4, -0.2) is 36.5 Å². The van der Waals surface area contributed by atoms with E-state index in [-0.39, 0.29) is 24.9 Å². The summed E-state index contributed by atoms with van der Waals surface area (Å²) in [5.74, 6) is -1.27. The molecule has 2 aliphatic heterocycles. The predicted octanol–water partition coefficient (Wildman–Crippen LogP) is 3.79. The molecule has 0 bridgehead atoms. The molecule has 0 saturated heterocycles. The number of carbonyl (C=O) groups is 2. The average Bonchev–Trinajstić information content (AvgIpc) is 3.23. The fourth-order valence-electron chi connectivity index (χ4n) is 2.89. The van der Waals surface area contributed by atoms with Crippen molar-refractivity contribution in [3.63, 3.8) is 0 Å². The molecular weight excluding hydrogens is 759 g/mol. The lowest BCUT2D eigenvalue weighted by Crippen LogP contribution is -2.32. The smallest absolute Gasteiger partial charge is 0.253 e. The molecule has 12 heteroatoms. The highest BCUT2D eigenvalue weighted by Crippen LogP contribution is 2.34. The van der Waals surface area contributed by atoms with E-state index in [0.717, 1.165) is 0 Å². The van der Waals surface area contributed by atoms with Crippen molar-refractivity contribution in [2.75, 3.05) is 18.8 Å². The molecule has 4 N–H and O–H groups in total. The van der Waals surface area contributed by atoms with Crippen molar-refractivity contribution in [2.45, 2.75) is 39.3 Å². The van der Waals surface area contributed by atoms with Gasteiger partial charge in [0.2, 0.25) is 11.6 Å². The van der Waals surface area contributed by atoms with Crippen molar-refractivity contribution in [1.29, 1.82) is 0 Å². The normalized spacial score (nSPS) is 17.8. The molecule has 0 unspecified atom stereocenters. The Labute approximate surface area is 226 Å². The number of hydrogen-bond acceptors (Lipinski definition) is 7. The van der Waals surface area contributed by atoms with E-state index in [1.807, 2.05) is 67.8 Å². The summed E-state index contributed by atoms with van der Waals surface area (Å²) in [5, 5.41) is 5.60. The molecule has 0 radical (unpaired) electrons. The second-order valence-electron chi connectivity index (χ2n) is 7.88. The van der Waals surface area contributed by atoms with Crippen LogP contribution in [0.4, 0.5) is 5.69 Å². The molecule has 32 heavy (non-hydrogen) atoms. The van der Waals surface area contributed by atoms with Crippen LogP contribution in [0.25, 0.3) is 0 Å². The summed E-state index contributed by atoms with van der Waals surface area (Å²) >= 11 is 6.03. The third-order valence-corrected chi connectivity index (χ3v) is 7.67. The quantitative estimate of drug-likeness (QED) is 0.297. The first kappa shape index (κ1) is 25.5. The summed E-state index contributed by atoms with van der Waals surface area (Å²) in [6.07, 6.45) is 2.95. The number of nitrogens with one attached hydrogen (secondary N) is 2. The number of ether oxygens (including phenoxy) is 4. The van der Waals surface area contributed by atoms with Gasteiger partial charge in [0.25, 0.3) is 11.8 Å². The molecule has 0 saturated carbocycles. The van der Waals surface area contributed by atoms with Crippen LogP contribution >= 0.6 is 67.8 Å². The number of amides is 2. The molecule has 9 nitrogen and oxygen atoms in total. The van der Waals surface area contributed by atoms with Crippen LogP contribution in [0.2, 0.25) is 0 Å². The van der Waals surface area contributed by atoms with E-state index in [1.165, 1.54) is 12.5 Å². The van der Waals surface area contributed by atoms with E-state index in [4.69, 9.17) is 24.7 Å². The molecule has 0 aromatic heterocycles. The van der Waals surface area contributed by atoms with E-state index < -0.39 is 11.6 Å². The Morgan fingerprint density at radius 3 is 1.50 bits per heavy atom. The van der Waals surface area contributed by atoms with Crippen molar-refractivity contribution in [3.8, 4) is 0 Å². The fraction of sp³-hybridized carbons (Fsp3) is 0.400. The SMILES string of the molecule is CC1(C)OC=C(CNC(=O)c2c(I)c(N)c(I)c(C(=O)NCC3=COC(C)(C)O3)c2I)O1. The monoisotopic (exact) mass is 781 g/mol. The molecule has 0 atom stereocenters. The van der Waals surface area contributed by atoms with Gasteiger partial charge in [-0.05, 0) is 67.8 Å². The number of carbonyl (C=O) groups excluding carboxylic acids is 2. The first-order valence-corrected chi connectivity index (χ1v) is 12.7. The van der Waals surface area contributed by atoms with E-state index >= 15 is 0 Å². The molecule has 2 amide bonds. The predicted molar refractivity (Wildman–Crippen MR) is 142 cm³/mol. The van der Waals surface area contributed by atoms with Gasteiger partial charge < -0.3 is 35.3 Å². The van der Waals surface area contributed by atoms with Crippen molar-refractivity contribution in [2.24, 2.45) is 0 Å². The highest BCUT2D eigenvalue weighted by molar-refractivity contribution is 14.1. The van der Waals surface area contributed by atoms with Gasteiger partial charge in [0, 0.05) is 31.3 Å². The number of nitrogen functional groups attached to an aromatic ring is 1. The Hall–Kier alpha value is -1.17. The Morgan fingerprint density at radius 1 is 0.812 bits per heavy atom. The third-order valence-electron chi connectivity index (χ3n) is 4.35. The Balaban J connectivity index is 1.78. The van der Waals surface area contributed by atoms with Gasteiger partial charge in [0.15, 0.2) is 11.5 Å². The fourth-order valence-corrected chi connectivity index (χ4v) is 7.04. The number of nitrogens with two attached hydrogens (primary N) is 1. The van der Waals surface area contributed by atoms with Gasteiger partial charge in [-0.2, -0.15) is 0 Å². The minimum Gasteiger partial charge on any atom is -0.457 e. The molecule has 0 fully saturated rings. The second-order valence-corrected chi connectivity index (χ2v) is 11.1. The maximum atomic E-state index is 13.0. The van der Waals surface area contributed by atoms with Crippen molar-refractivity contribution in [1.82, 2.24) is 10.6 Å². The molecule has 174 valence electrons. The zero-order valence-electron chi connectivity index (χ0n) is 17.7. The van der Waals surface area contributed by atoms with Gasteiger partial charge in [0.1, 0.15) is 12.5 Å². The summed E-state index contributed by atoms with van der Waals surface area (Å²) in [5.41, 5.74) is 7.26. The summed E-state index contributed by atoms with van der Waals surface area (Å²) in [6.45, 7) is 7.37. The maximum Gasteiger partial charge on any atom is 0.253 e. The van der Waals surface area contributed by atoms with Crippen LogP contribution in [0.1, 0.15) is 48.4 Å². The highest BCUT2D eigenvalue weighted by atomic mass is 127. The van der Waals surface area contributed by atoms with Gasteiger partial charge in [-0.1, -0.05) is 0 Å².